The minimum atomic E-state index is -0.475. The van der Waals surface area contributed by atoms with Gasteiger partial charge >= 0.3 is 0 Å². The zero-order valence-corrected chi connectivity index (χ0v) is 11.3. The van der Waals surface area contributed by atoms with Crippen LogP contribution in [0.1, 0.15) is 21.9 Å². The van der Waals surface area contributed by atoms with Crippen molar-refractivity contribution in [2.24, 2.45) is 5.73 Å². The number of benzene rings is 1. The third-order valence-electron chi connectivity index (χ3n) is 2.51. The van der Waals surface area contributed by atoms with E-state index in [-0.39, 0.29) is 0 Å². The Labute approximate surface area is 116 Å². The van der Waals surface area contributed by atoms with Crippen LogP contribution in [0, 0.1) is 6.92 Å². The minimum Gasteiger partial charge on any atom is -0.439 e. The summed E-state index contributed by atoms with van der Waals surface area (Å²) in [6, 6.07) is 8.24. The van der Waals surface area contributed by atoms with Crippen molar-refractivity contribution in [2.75, 3.05) is 7.11 Å². The standard InChI is InChI=1S/C14H15N3O3/c1-9-7-13(17-12(16-9)8-19-2)20-11-5-3-10(4-6-11)14(15)18/h3-7H,8H2,1-2H3,(H2,15,18). The summed E-state index contributed by atoms with van der Waals surface area (Å²) in [5.74, 6) is 1.07. The van der Waals surface area contributed by atoms with E-state index >= 15 is 0 Å². The molecule has 2 aromatic rings. The molecule has 0 spiro atoms. The maximum atomic E-state index is 11.0. The summed E-state index contributed by atoms with van der Waals surface area (Å²) < 4.78 is 10.6. The van der Waals surface area contributed by atoms with Gasteiger partial charge in [-0.1, -0.05) is 0 Å². The molecule has 2 rings (SSSR count). The van der Waals surface area contributed by atoms with Crippen molar-refractivity contribution in [2.45, 2.75) is 13.5 Å². The molecule has 1 heterocycles. The van der Waals surface area contributed by atoms with Crippen molar-refractivity contribution < 1.29 is 14.3 Å². The van der Waals surface area contributed by atoms with E-state index < -0.39 is 5.91 Å². The normalized spacial score (nSPS) is 10.3. The number of amides is 1. The maximum absolute atomic E-state index is 11.0. The van der Waals surface area contributed by atoms with Crippen LogP contribution in [0.3, 0.4) is 0 Å². The van der Waals surface area contributed by atoms with Gasteiger partial charge in [0.05, 0.1) is 0 Å². The van der Waals surface area contributed by atoms with Crippen molar-refractivity contribution >= 4 is 5.91 Å². The van der Waals surface area contributed by atoms with Gasteiger partial charge in [-0.3, -0.25) is 4.79 Å². The first-order valence-electron chi connectivity index (χ1n) is 5.99. The van der Waals surface area contributed by atoms with Crippen molar-refractivity contribution in [3.05, 3.63) is 47.4 Å². The number of nitrogens with zero attached hydrogens (tertiary/aromatic N) is 2. The van der Waals surface area contributed by atoms with Crippen molar-refractivity contribution in [1.82, 2.24) is 9.97 Å². The molecule has 104 valence electrons. The SMILES string of the molecule is COCc1nc(C)cc(Oc2ccc(C(N)=O)cc2)n1. The predicted molar refractivity (Wildman–Crippen MR) is 72.5 cm³/mol. The molecule has 6 nitrogen and oxygen atoms in total. The minimum absolute atomic E-state index is 0.318. The Hall–Kier alpha value is -2.47. The summed E-state index contributed by atoms with van der Waals surface area (Å²) in [7, 11) is 1.58. The van der Waals surface area contributed by atoms with Crippen LogP contribution in [0.5, 0.6) is 11.6 Å². The number of methoxy groups -OCH3 is 1. The highest BCUT2D eigenvalue weighted by molar-refractivity contribution is 5.92. The monoisotopic (exact) mass is 273 g/mol. The van der Waals surface area contributed by atoms with Crippen LogP contribution in [0.4, 0.5) is 0 Å². The van der Waals surface area contributed by atoms with Crippen LogP contribution >= 0.6 is 0 Å². The molecule has 6 heteroatoms. The molecule has 0 radical (unpaired) electrons. The topological polar surface area (TPSA) is 87.3 Å². The lowest BCUT2D eigenvalue weighted by atomic mass is 10.2. The molecule has 20 heavy (non-hydrogen) atoms. The quantitative estimate of drug-likeness (QED) is 0.897. The lowest BCUT2D eigenvalue weighted by Gasteiger charge is -2.07. The number of aromatic nitrogens is 2. The number of carbonyl (C=O) groups excluding carboxylic acids is 1. The van der Waals surface area contributed by atoms with E-state index in [1.807, 2.05) is 6.92 Å². The van der Waals surface area contributed by atoms with E-state index in [1.165, 1.54) is 0 Å². The fourth-order valence-corrected chi connectivity index (χ4v) is 1.65. The number of aryl methyl sites for hydroxylation is 1. The number of hydrogen-bond acceptors (Lipinski definition) is 5. The summed E-state index contributed by atoms with van der Waals surface area (Å²) in [6.07, 6.45) is 0. The van der Waals surface area contributed by atoms with Gasteiger partial charge in [0, 0.05) is 24.4 Å². The Balaban J connectivity index is 2.18. The number of ether oxygens (including phenoxy) is 2. The summed E-state index contributed by atoms with van der Waals surface area (Å²) in [5.41, 5.74) is 6.39. The van der Waals surface area contributed by atoms with Crippen LogP contribution in [-0.4, -0.2) is 23.0 Å². The molecule has 1 amide bonds. The second-order valence-electron chi connectivity index (χ2n) is 4.19. The van der Waals surface area contributed by atoms with Crippen LogP contribution in [-0.2, 0) is 11.3 Å². The first kappa shape index (κ1) is 14.0. The van der Waals surface area contributed by atoms with Crippen LogP contribution in [0.25, 0.3) is 0 Å². The molecule has 0 unspecified atom stereocenters. The molecule has 0 fully saturated rings. The van der Waals surface area contributed by atoms with Gasteiger partial charge in [-0.05, 0) is 31.2 Å². The third-order valence-corrected chi connectivity index (χ3v) is 2.51. The second kappa shape index (κ2) is 6.12. The first-order chi connectivity index (χ1) is 9.58. The van der Waals surface area contributed by atoms with E-state index in [0.29, 0.717) is 29.6 Å². The summed E-state index contributed by atoms with van der Waals surface area (Å²) in [4.78, 5) is 19.4. The average Bonchev–Trinajstić information content (AvgIpc) is 2.39. The first-order valence-corrected chi connectivity index (χ1v) is 5.99. The van der Waals surface area contributed by atoms with Gasteiger partial charge in [-0.25, -0.2) is 4.98 Å². The van der Waals surface area contributed by atoms with E-state index in [2.05, 4.69) is 9.97 Å². The van der Waals surface area contributed by atoms with E-state index in [9.17, 15) is 4.79 Å². The highest BCUT2D eigenvalue weighted by atomic mass is 16.5. The molecule has 0 aliphatic carbocycles. The van der Waals surface area contributed by atoms with Gasteiger partial charge in [0.25, 0.3) is 0 Å². The molecule has 0 aliphatic rings. The van der Waals surface area contributed by atoms with Crippen molar-refractivity contribution in [1.29, 1.82) is 0 Å². The molecular formula is C14H15N3O3. The zero-order chi connectivity index (χ0) is 14.5. The highest BCUT2D eigenvalue weighted by Gasteiger charge is 2.05. The van der Waals surface area contributed by atoms with Crippen molar-refractivity contribution in [3.8, 4) is 11.6 Å². The van der Waals surface area contributed by atoms with Gasteiger partial charge in [0.2, 0.25) is 11.8 Å². The Bertz CT molecular complexity index is 612. The lowest BCUT2D eigenvalue weighted by Crippen LogP contribution is -2.10. The second-order valence-corrected chi connectivity index (χ2v) is 4.19. The zero-order valence-electron chi connectivity index (χ0n) is 11.3. The molecule has 0 saturated heterocycles. The highest BCUT2D eigenvalue weighted by Crippen LogP contribution is 2.20. The molecule has 0 saturated carbocycles. The van der Waals surface area contributed by atoms with Gasteiger partial charge in [0.15, 0.2) is 5.82 Å². The Morgan fingerprint density at radius 1 is 1.25 bits per heavy atom. The molecule has 1 aromatic carbocycles. The fraction of sp³-hybridized carbons (Fsp3) is 0.214. The largest absolute Gasteiger partial charge is 0.439 e. The molecule has 0 atom stereocenters. The van der Waals surface area contributed by atoms with E-state index in [1.54, 1.807) is 37.4 Å². The summed E-state index contributed by atoms with van der Waals surface area (Å²) in [5, 5.41) is 0. The summed E-state index contributed by atoms with van der Waals surface area (Å²) >= 11 is 0. The van der Waals surface area contributed by atoms with Gasteiger partial charge in [0.1, 0.15) is 12.4 Å². The molecule has 0 bridgehead atoms. The Kier molecular flexibility index (Phi) is 4.27. The molecule has 1 aromatic heterocycles. The van der Waals surface area contributed by atoms with Gasteiger partial charge < -0.3 is 15.2 Å². The number of primary amides is 1. The molecule has 0 aliphatic heterocycles. The van der Waals surface area contributed by atoms with Gasteiger partial charge in [-0.2, -0.15) is 4.98 Å². The smallest absolute Gasteiger partial charge is 0.248 e. The lowest BCUT2D eigenvalue weighted by molar-refractivity contribution is 0.100. The Morgan fingerprint density at radius 2 is 1.95 bits per heavy atom. The van der Waals surface area contributed by atoms with Gasteiger partial charge in [-0.15, -0.1) is 0 Å². The van der Waals surface area contributed by atoms with Crippen LogP contribution in [0.15, 0.2) is 30.3 Å². The number of nitrogens with two attached hydrogens (primary N) is 1. The number of hydrogen-bond donors (Lipinski definition) is 1. The van der Waals surface area contributed by atoms with Crippen LogP contribution < -0.4 is 10.5 Å². The van der Waals surface area contributed by atoms with Crippen LogP contribution in [0.2, 0.25) is 0 Å². The molecular weight excluding hydrogens is 258 g/mol. The summed E-state index contributed by atoms with van der Waals surface area (Å²) in [6.45, 7) is 2.17. The fourth-order valence-electron chi connectivity index (χ4n) is 1.65. The Morgan fingerprint density at radius 3 is 2.55 bits per heavy atom. The van der Waals surface area contributed by atoms with E-state index in [4.69, 9.17) is 15.2 Å². The third kappa shape index (κ3) is 3.52. The number of rotatable bonds is 5. The number of carbonyl (C=O) groups is 1. The van der Waals surface area contributed by atoms with E-state index in [0.717, 1.165) is 5.69 Å². The van der Waals surface area contributed by atoms with Crippen molar-refractivity contribution in [3.63, 3.8) is 0 Å². The predicted octanol–water partition coefficient (Wildman–Crippen LogP) is 1.82. The maximum Gasteiger partial charge on any atom is 0.248 e. The molecule has 2 N–H and O–H groups in total. The average molecular weight is 273 g/mol.